The van der Waals surface area contributed by atoms with Crippen LogP contribution in [0.2, 0.25) is 0 Å². The van der Waals surface area contributed by atoms with E-state index in [2.05, 4.69) is 4.98 Å². The van der Waals surface area contributed by atoms with Gasteiger partial charge in [0.25, 0.3) is 10.0 Å². The van der Waals surface area contributed by atoms with Crippen molar-refractivity contribution in [1.82, 2.24) is 4.98 Å². The summed E-state index contributed by atoms with van der Waals surface area (Å²) in [4.78, 5) is 16.9. The zero-order chi connectivity index (χ0) is 25.4. The van der Waals surface area contributed by atoms with Crippen LogP contribution in [0.3, 0.4) is 0 Å². The molecule has 184 valence electrons. The number of para-hydroxylation sites is 1. The second kappa shape index (κ2) is 9.28. The minimum absolute atomic E-state index is 0.0868. The van der Waals surface area contributed by atoms with E-state index in [9.17, 15) is 13.2 Å². The first-order valence-corrected chi connectivity index (χ1v) is 13.1. The summed E-state index contributed by atoms with van der Waals surface area (Å²) in [5.41, 5.74) is 3.87. The number of carbonyl (C=O) groups is 1. The summed E-state index contributed by atoms with van der Waals surface area (Å²) >= 11 is 0. The van der Waals surface area contributed by atoms with Gasteiger partial charge in [0.1, 0.15) is 11.9 Å². The number of fused-ring (bicyclic) bond motifs is 2. The molecule has 1 aliphatic heterocycles. The molecule has 0 N–H and O–H groups in total. The number of carbonyl (C=O) groups excluding carboxylic acids is 1. The van der Waals surface area contributed by atoms with Gasteiger partial charge in [0.2, 0.25) is 0 Å². The van der Waals surface area contributed by atoms with E-state index in [1.807, 2.05) is 44.2 Å². The normalized spacial score (nSPS) is 17.0. The van der Waals surface area contributed by atoms with E-state index in [1.54, 1.807) is 48.5 Å². The Kier molecular flexibility index (Phi) is 6.14. The lowest BCUT2D eigenvalue weighted by Gasteiger charge is -2.25. The highest BCUT2D eigenvalue weighted by atomic mass is 32.2. The van der Waals surface area contributed by atoms with Crippen molar-refractivity contribution in [3.63, 3.8) is 0 Å². The number of rotatable bonds is 6. The molecule has 36 heavy (non-hydrogen) atoms. The van der Waals surface area contributed by atoms with E-state index in [1.165, 1.54) is 11.4 Å². The number of hydrogen-bond donors (Lipinski definition) is 0. The second-order valence-corrected chi connectivity index (χ2v) is 10.5. The van der Waals surface area contributed by atoms with Gasteiger partial charge in [-0.2, -0.15) is 0 Å². The van der Waals surface area contributed by atoms with Crippen molar-refractivity contribution in [2.75, 3.05) is 11.4 Å². The van der Waals surface area contributed by atoms with Crippen molar-refractivity contribution in [3.05, 3.63) is 95.7 Å². The SMILES string of the molecule is COC(=O)CC1c2ccccc2S(=O)(=O)N1c1ccc(OC(C)c2cc(C)nc3ccccc23)cc1. The molecule has 0 bridgehead atoms. The summed E-state index contributed by atoms with van der Waals surface area (Å²) in [7, 11) is -2.54. The van der Waals surface area contributed by atoms with Gasteiger partial charge in [-0.1, -0.05) is 36.4 Å². The molecular weight excluding hydrogens is 476 g/mol. The van der Waals surface area contributed by atoms with Gasteiger partial charge in [-0.3, -0.25) is 14.1 Å². The highest BCUT2D eigenvalue weighted by Gasteiger charge is 2.43. The van der Waals surface area contributed by atoms with Crippen LogP contribution in [0, 0.1) is 6.92 Å². The standard InChI is InChI=1S/C28H26N2O5S/c1-18-16-24(22-8-4-6-10-25(22)29-18)19(2)35-21-14-12-20(13-15-21)30-26(17-28(31)34-3)23-9-5-7-11-27(23)36(30,32)33/h4-16,19,26H,17H2,1-3H3. The van der Waals surface area contributed by atoms with E-state index < -0.39 is 22.0 Å². The van der Waals surface area contributed by atoms with Gasteiger partial charge in [0.05, 0.1) is 35.7 Å². The molecule has 8 heteroatoms. The number of aryl methyl sites for hydroxylation is 1. The van der Waals surface area contributed by atoms with Crippen LogP contribution in [0.4, 0.5) is 5.69 Å². The van der Waals surface area contributed by atoms with Crippen LogP contribution in [0.5, 0.6) is 5.75 Å². The third-order valence-electron chi connectivity index (χ3n) is 6.40. The van der Waals surface area contributed by atoms with Crippen molar-refractivity contribution in [2.45, 2.75) is 37.3 Å². The van der Waals surface area contributed by atoms with Gasteiger partial charge >= 0.3 is 5.97 Å². The smallest absolute Gasteiger partial charge is 0.307 e. The van der Waals surface area contributed by atoms with E-state index in [4.69, 9.17) is 9.47 Å². The molecule has 1 aromatic heterocycles. The minimum Gasteiger partial charge on any atom is -0.486 e. The van der Waals surface area contributed by atoms with E-state index >= 15 is 0 Å². The highest BCUT2D eigenvalue weighted by Crippen LogP contribution is 2.44. The summed E-state index contributed by atoms with van der Waals surface area (Å²) < 4.78 is 39.2. The summed E-state index contributed by atoms with van der Waals surface area (Å²) in [5.74, 6) is 0.119. The molecule has 0 spiro atoms. The molecule has 2 unspecified atom stereocenters. The topological polar surface area (TPSA) is 85.8 Å². The second-order valence-electron chi connectivity index (χ2n) is 8.76. The van der Waals surface area contributed by atoms with Crippen LogP contribution in [0.15, 0.2) is 83.8 Å². The summed E-state index contributed by atoms with van der Waals surface area (Å²) in [6.07, 6.45) is -0.342. The number of aromatic nitrogens is 1. The van der Waals surface area contributed by atoms with Crippen LogP contribution < -0.4 is 9.04 Å². The number of hydrogen-bond acceptors (Lipinski definition) is 6. The lowest BCUT2D eigenvalue weighted by Crippen LogP contribution is -2.29. The molecular formula is C28H26N2O5S. The monoisotopic (exact) mass is 502 g/mol. The van der Waals surface area contributed by atoms with E-state index in [-0.39, 0.29) is 17.4 Å². The van der Waals surface area contributed by atoms with E-state index in [0.29, 0.717) is 17.0 Å². The lowest BCUT2D eigenvalue weighted by molar-refractivity contribution is -0.141. The van der Waals surface area contributed by atoms with Gasteiger partial charge in [-0.15, -0.1) is 0 Å². The number of methoxy groups -OCH3 is 1. The molecule has 0 radical (unpaired) electrons. The Balaban J connectivity index is 1.45. The molecule has 4 aromatic rings. The third kappa shape index (κ3) is 4.18. The molecule has 2 atom stereocenters. The summed E-state index contributed by atoms with van der Waals surface area (Å²) in [6, 6.07) is 22.9. The Morgan fingerprint density at radius 3 is 2.47 bits per heavy atom. The molecule has 0 fully saturated rings. The van der Waals surface area contributed by atoms with Gasteiger partial charge in [-0.05, 0) is 61.9 Å². The first-order chi connectivity index (χ1) is 17.3. The third-order valence-corrected chi connectivity index (χ3v) is 8.31. The zero-order valence-electron chi connectivity index (χ0n) is 20.2. The quantitative estimate of drug-likeness (QED) is 0.324. The zero-order valence-corrected chi connectivity index (χ0v) is 21.0. The van der Waals surface area contributed by atoms with Crippen LogP contribution in [-0.4, -0.2) is 26.5 Å². The number of pyridine rings is 1. The van der Waals surface area contributed by atoms with Crippen molar-refractivity contribution >= 4 is 32.6 Å². The van der Waals surface area contributed by atoms with Gasteiger partial charge in [0.15, 0.2) is 0 Å². The van der Waals surface area contributed by atoms with Crippen molar-refractivity contribution in [2.24, 2.45) is 0 Å². The number of nitrogens with zero attached hydrogens (tertiary/aromatic N) is 2. The Morgan fingerprint density at radius 2 is 1.72 bits per heavy atom. The number of esters is 1. The van der Waals surface area contributed by atoms with Crippen molar-refractivity contribution in [1.29, 1.82) is 0 Å². The predicted octanol–water partition coefficient (Wildman–Crippen LogP) is 5.50. The molecule has 2 heterocycles. The van der Waals surface area contributed by atoms with Crippen LogP contribution in [-0.2, 0) is 19.6 Å². The van der Waals surface area contributed by atoms with Crippen LogP contribution >= 0.6 is 0 Å². The fourth-order valence-corrected chi connectivity index (χ4v) is 6.65. The maximum absolute atomic E-state index is 13.4. The Bertz CT molecular complexity index is 1550. The Hall–Kier alpha value is -3.91. The average molecular weight is 503 g/mol. The summed E-state index contributed by atoms with van der Waals surface area (Å²) in [6.45, 7) is 3.93. The van der Waals surface area contributed by atoms with Gasteiger partial charge in [-0.25, -0.2) is 8.42 Å². The molecule has 5 rings (SSSR count). The van der Waals surface area contributed by atoms with Crippen LogP contribution in [0.25, 0.3) is 10.9 Å². The van der Waals surface area contributed by atoms with Crippen LogP contribution in [0.1, 0.15) is 42.3 Å². The Labute approximate surface area is 210 Å². The number of benzene rings is 3. The molecule has 1 aliphatic rings. The highest BCUT2D eigenvalue weighted by molar-refractivity contribution is 7.93. The fraction of sp³-hybridized carbons (Fsp3) is 0.214. The van der Waals surface area contributed by atoms with Crippen molar-refractivity contribution in [3.8, 4) is 5.75 Å². The molecule has 0 saturated heterocycles. The first kappa shape index (κ1) is 23.8. The maximum atomic E-state index is 13.4. The first-order valence-electron chi connectivity index (χ1n) is 11.6. The largest absolute Gasteiger partial charge is 0.486 e. The molecule has 3 aromatic carbocycles. The number of sulfonamides is 1. The Morgan fingerprint density at radius 1 is 1.03 bits per heavy atom. The molecule has 0 aliphatic carbocycles. The average Bonchev–Trinajstić information content (AvgIpc) is 3.10. The summed E-state index contributed by atoms with van der Waals surface area (Å²) in [5, 5.41) is 1.03. The van der Waals surface area contributed by atoms with E-state index in [0.717, 1.165) is 22.2 Å². The minimum atomic E-state index is -3.83. The van der Waals surface area contributed by atoms with Gasteiger partial charge in [0, 0.05) is 16.6 Å². The molecule has 0 saturated carbocycles. The lowest BCUT2D eigenvalue weighted by atomic mass is 10.0. The predicted molar refractivity (Wildman–Crippen MR) is 137 cm³/mol. The number of anilines is 1. The molecule has 0 amide bonds. The van der Waals surface area contributed by atoms with Crippen molar-refractivity contribution < 1.29 is 22.7 Å². The van der Waals surface area contributed by atoms with Gasteiger partial charge < -0.3 is 9.47 Å². The number of ether oxygens (including phenoxy) is 2. The maximum Gasteiger partial charge on any atom is 0.307 e. The fourth-order valence-electron chi connectivity index (χ4n) is 4.76. The molecule has 7 nitrogen and oxygen atoms in total.